The molecule has 0 radical (unpaired) electrons. The van der Waals surface area contributed by atoms with Gasteiger partial charge in [-0.2, -0.15) is 0 Å². The molecule has 130 valence electrons. The van der Waals surface area contributed by atoms with Gasteiger partial charge in [0, 0.05) is 23.0 Å². The molecule has 0 atom stereocenters. The molecule has 0 spiro atoms. The van der Waals surface area contributed by atoms with Crippen LogP contribution in [0.5, 0.6) is 0 Å². The van der Waals surface area contributed by atoms with Crippen LogP contribution in [-0.2, 0) is 14.8 Å². The third kappa shape index (κ3) is 6.23. The van der Waals surface area contributed by atoms with Crippen molar-refractivity contribution in [2.75, 3.05) is 16.3 Å². The minimum absolute atomic E-state index is 0.0746. The Balaban J connectivity index is 2.00. The maximum atomic E-state index is 11.9. The van der Waals surface area contributed by atoms with Crippen LogP contribution >= 0.6 is 0 Å². The van der Waals surface area contributed by atoms with E-state index in [-0.39, 0.29) is 11.7 Å². The Morgan fingerprint density at radius 2 is 1.68 bits per heavy atom. The summed E-state index contributed by atoms with van der Waals surface area (Å²) in [6, 6.07) is 13.3. The topological polar surface area (TPSA) is 92.3 Å². The molecule has 0 fully saturated rings. The Hall–Kier alpha value is -2.93. The monoisotopic (exact) mass is 358 g/mol. The summed E-state index contributed by atoms with van der Waals surface area (Å²) in [4.78, 5) is 23.3. The average Bonchev–Trinajstić information content (AvgIpc) is 2.53. The van der Waals surface area contributed by atoms with Gasteiger partial charge in [-0.3, -0.25) is 14.3 Å². The first-order valence-corrected chi connectivity index (χ1v) is 9.30. The second kappa shape index (κ2) is 7.76. The van der Waals surface area contributed by atoms with Gasteiger partial charge in [-0.1, -0.05) is 24.3 Å². The van der Waals surface area contributed by atoms with Crippen LogP contribution in [0.25, 0.3) is 6.08 Å². The standard InChI is InChI=1S/C18H18N2O4S/c1-13(21)15-4-3-5-17(12-15)19-18(22)11-8-14-6-9-16(10-7-14)20-25(2,23)24/h3-12,20H,1-2H3,(H,19,22)/b11-8+. The zero-order valence-electron chi connectivity index (χ0n) is 13.8. The second-order valence-electron chi connectivity index (χ2n) is 5.46. The zero-order chi connectivity index (χ0) is 18.4. The van der Waals surface area contributed by atoms with E-state index in [0.717, 1.165) is 11.8 Å². The SMILES string of the molecule is CC(=O)c1cccc(NC(=O)/C=C/c2ccc(NS(C)(=O)=O)cc2)c1. The summed E-state index contributed by atoms with van der Waals surface area (Å²) in [6.45, 7) is 1.46. The van der Waals surface area contributed by atoms with E-state index in [4.69, 9.17) is 0 Å². The lowest BCUT2D eigenvalue weighted by molar-refractivity contribution is -0.111. The highest BCUT2D eigenvalue weighted by Crippen LogP contribution is 2.13. The molecular formula is C18H18N2O4S. The van der Waals surface area contributed by atoms with Crippen LogP contribution in [0.4, 0.5) is 11.4 Å². The number of anilines is 2. The van der Waals surface area contributed by atoms with E-state index in [9.17, 15) is 18.0 Å². The minimum Gasteiger partial charge on any atom is -0.322 e. The Kier molecular flexibility index (Phi) is 5.71. The molecule has 0 aliphatic rings. The molecule has 0 heterocycles. The van der Waals surface area contributed by atoms with E-state index in [1.54, 1.807) is 54.6 Å². The summed E-state index contributed by atoms with van der Waals surface area (Å²) in [5, 5.41) is 2.68. The Morgan fingerprint density at radius 3 is 2.28 bits per heavy atom. The number of hydrogen-bond donors (Lipinski definition) is 2. The number of ketones is 1. The van der Waals surface area contributed by atoms with E-state index in [0.29, 0.717) is 16.9 Å². The van der Waals surface area contributed by atoms with Crippen molar-refractivity contribution >= 4 is 39.2 Å². The van der Waals surface area contributed by atoms with Crippen molar-refractivity contribution in [3.8, 4) is 0 Å². The highest BCUT2D eigenvalue weighted by molar-refractivity contribution is 7.92. The lowest BCUT2D eigenvalue weighted by atomic mass is 10.1. The van der Waals surface area contributed by atoms with Crippen LogP contribution < -0.4 is 10.0 Å². The zero-order valence-corrected chi connectivity index (χ0v) is 14.6. The molecule has 2 N–H and O–H groups in total. The smallest absolute Gasteiger partial charge is 0.248 e. The molecule has 25 heavy (non-hydrogen) atoms. The number of amides is 1. The van der Waals surface area contributed by atoms with Gasteiger partial charge in [-0.15, -0.1) is 0 Å². The number of rotatable bonds is 6. The number of hydrogen-bond acceptors (Lipinski definition) is 4. The van der Waals surface area contributed by atoms with Crippen molar-refractivity contribution in [2.24, 2.45) is 0 Å². The van der Waals surface area contributed by atoms with Crippen LogP contribution in [0.15, 0.2) is 54.6 Å². The Bertz CT molecular complexity index is 916. The van der Waals surface area contributed by atoms with Gasteiger partial charge in [0.25, 0.3) is 0 Å². The van der Waals surface area contributed by atoms with Gasteiger partial charge in [0.2, 0.25) is 15.9 Å². The minimum atomic E-state index is -3.32. The van der Waals surface area contributed by atoms with Crippen molar-refractivity contribution < 1.29 is 18.0 Å². The average molecular weight is 358 g/mol. The van der Waals surface area contributed by atoms with Crippen LogP contribution in [0.2, 0.25) is 0 Å². The molecule has 6 nitrogen and oxygen atoms in total. The number of carbonyl (C=O) groups is 2. The van der Waals surface area contributed by atoms with Crippen molar-refractivity contribution in [1.82, 2.24) is 0 Å². The first kappa shape index (κ1) is 18.4. The van der Waals surface area contributed by atoms with Crippen molar-refractivity contribution in [3.63, 3.8) is 0 Å². The van der Waals surface area contributed by atoms with Crippen LogP contribution in [0.3, 0.4) is 0 Å². The summed E-state index contributed by atoms with van der Waals surface area (Å²) in [5.41, 5.74) is 2.25. The first-order valence-electron chi connectivity index (χ1n) is 7.41. The van der Waals surface area contributed by atoms with Crippen molar-refractivity contribution in [2.45, 2.75) is 6.92 Å². The molecule has 0 saturated carbocycles. The second-order valence-corrected chi connectivity index (χ2v) is 7.20. The van der Waals surface area contributed by atoms with E-state index in [2.05, 4.69) is 10.0 Å². The number of Topliss-reactive ketones (excluding diaryl/α,β-unsaturated/α-hetero) is 1. The fourth-order valence-electron chi connectivity index (χ4n) is 2.05. The molecular weight excluding hydrogens is 340 g/mol. The number of sulfonamides is 1. The first-order chi connectivity index (χ1) is 11.7. The molecule has 2 aromatic carbocycles. The van der Waals surface area contributed by atoms with Crippen molar-refractivity contribution in [1.29, 1.82) is 0 Å². The highest BCUT2D eigenvalue weighted by Gasteiger charge is 2.03. The van der Waals surface area contributed by atoms with E-state index >= 15 is 0 Å². The molecule has 0 aliphatic heterocycles. The number of nitrogens with one attached hydrogen (secondary N) is 2. The summed E-state index contributed by atoms with van der Waals surface area (Å²) < 4.78 is 24.6. The van der Waals surface area contributed by atoms with Crippen LogP contribution in [-0.4, -0.2) is 26.4 Å². The lowest BCUT2D eigenvalue weighted by Gasteiger charge is -2.04. The fraction of sp³-hybridized carbons (Fsp3) is 0.111. The fourth-order valence-corrected chi connectivity index (χ4v) is 2.61. The Morgan fingerprint density at radius 1 is 1.00 bits per heavy atom. The number of carbonyl (C=O) groups excluding carboxylic acids is 2. The summed E-state index contributed by atoms with van der Waals surface area (Å²) in [6.07, 6.45) is 4.04. The third-order valence-electron chi connectivity index (χ3n) is 3.18. The third-order valence-corrected chi connectivity index (χ3v) is 3.78. The van der Waals surface area contributed by atoms with E-state index in [1.165, 1.54) is 13.0 Å². The Labute approximate surface area is 146 Å². The molecule has 0 aromatic heterocycles. The van der Waals surface area contributed by atoms with Crippen LogP contribution in [0.1, 0.15) is 22.8 Å². The van der Waals surface area contributed by atoms with Gasteiger partial charge < -0.3 is 5.32 Å². The predicted molar refractivity (Wildman–Crippen MR) is 99.0 cm³/mol. The van der Waals surface area contributed by atoms with Gasteiger partial charge in [0.1, 0.15) is 0 Å². The molecule has 0 bridgehead atoms. The summed E-state index contributed by atoms with van der Waals surface area (Å²) >= 11 is 0. The quantitative estimate of drug-likeness (QED) is 0.613. The molecule has 0 unspecified atom stereocenters. The van der Waals surface area contributed by atoms with Gasteiger partial charge >= 0.3 is 0 Å². The summed E-state index contributed by atoms with van der Waals surface area (Å²) in [5.74, 6) is -0.409. The summed E-state index contributed by atoms with van der Waals surface area (Å²) in [7, 11) is -3.32. The molecule has 2 rings (SSSR count). The van der Waals surface area contributed by atoms with Crippen molar-refractivity contribution in [3.05, 3.63) is 65.7 Å². The van der Waals surface area contributed by atoms with Gasteiger partial charge in [0.15, 0.2) is 5.78 Å². The van der Waals surface area contributed by atoms with Gasteiger partial charge in [-0.05, 0) is 42.8 Å². The number of benzene rings is 2. The molecule has 2 aromatic rings. The lowest BCUT2D eigenvalue weighted by Crippen LogP contribution is -2.09. The van der Waals surface area contributed by atoms with Gasteiger partial charge in [-0.25, -0.2) is 8.42 Å². The van der Waals surface area contributed by atoms with E-state index in [1.807, 2.05) is 0 Å². The maximum Gasteiger partial charge on any atom is 0.248 e. The molecule has 1 amide bonds. The molecule has 7 heteroatoms. The molecule has 0 saturated heterocycles. The predicted octanol–water partition coefficient (Wildman–Crippen LogP) is 2.91. The van der Waals surface area contributed by atoms with Crippen LogP contribution in [0, 0.1) is 0 Å². The maximum absolute atomic E-state index is 11.9. The highest BCUT2D eigenvalue weighted by atomic mass is 32.2. The van der Waals surface area contributed by atoms with Gasteiger partial charge in [0.05, 0.1) is 6.26 Å². The normalized spacial score (nSPS) is 11.3. The molecule has 0 aliphatic carbocycles. The largest absolute Gasteiger partial charge is 0.322 e. The van der Waals surface area contributed by atoms with E-state index < -0.39 is 10.0 Å².